The zero-order valence-corrected chi connectivity index (χ0v) is 12.6. The molecule has 18 heavy (non-hydrogen) atoms. The van der Waals surface area contributed by atoms with Crippen LogP contribution in [0.25, 0.3) is 0 Å². The molecule has 0 N–H and O–H groups in total. The summed E-state index contributed by atoms with van der Waals surface area (Å²) in [6.07, 6.45) is -0.192. The summed E-state index contributed by atoms with van der Waals surface area (Å²) in [7, 11) is 0. The number of rotatable bonds is 4. The van der Waals surface area contributed by atoms with Crippen molar-refractivity contribution >= 4 is 46.1 Å². The van der Waals surface area contributed by atoms with Crippen molar-refractivity contribution < 1.29 is 4.74 Å². The molecule has 1 atom stereocenters. The number of nitrogens with zero attached hydrogens (tertiary/aromatic N) is 1. The predicted molar refractivity (Wildman–Crippen MR) is 77.2 cm³/mol. The highest BCUT2D eigenvalue weighted by Gasteiger charge is 2.14. The Morgan fingerprint density at radius 1 is 1.39 bits per heavy atom. The number of aromatic nitrogens is 1. The lowest BCUT2D eigenvalue weighted by Crippen LogP contribution is -2.03. The van der Waals surface area contributed by atoms with Crippen LogP contribution in [-0.4, -0.2) is 4.98 Å². The van der Waals surface area contributed by atoms with Gasteiger partial charge in [-0.1, -0.05) is 23.2 Å². The molecule has 1 heterocycles. The summed E-state index contributed by atoms with van der Waals surface area (Å²) in [6.45, 7) is 1.91. The van der Waals surface area contributed by atoms with Gasteiger partial charge >= 0.3 is 0 Å². The van der Waals surface area contributed by atoms with E-state index in [4.69, 9.17) is 39.5 Å². The van der Waals surface area contributed by atoms with Crippen molar-refractivity contribution in [3.8, 4) is 5.75 Å². The standard InChI is InChI=1S/C12H10Cl3NOS/c1-7(12-16-9(5-13)6-18-12)17-11-4-8(14)2-3-10(11)15/h2-4,6-7H,5H2,1H3. The molecule has 0 spiro atoms. The summed E-state index contributed by atoms with van der Waals surface area (Å²) in [5.41, 5.74) is 0.851. The van der Waals surface area contributed by atoms with Crippen molar-refractivity contribution in [2.75, 3.05) is 0 Å². The lowest BCUT2D eigenvalue weighted by molar-refractivity contribution is 0.226. The van der Waals surface area contributed by atoms with E-state index in [9.17, 15) is 0 Å². The smallest absolute Gasteiger partial charge is 0.147 e. The second-order valence-corrected chi connectivity index (χ2v) is 5.65. The molecule has 1 aromatic carbocycles. The van der Waals surface area contributed by atoms with E-state index >= 15 is 0 Å². The summed E-state index contributed by atoms with van der Waals surface area (Å²) in [5, 5.41) is 3.89. The SMILES string of the molecule is CC(Oc1cc(Cl)ccc1Cl)c1nc(CCl)cs1. The lowest BCUT2D eigenvalue weighted by Gasteiger charge is -2.13. The topological polar surface area (TPSA) is 22.1 Å². The Labute approximate surface area is 124 Å². The fourth-order valence-electron chi connectivity index (χ4n) is 1.38. The van der Waals surface area contributed by atoms with E-state index in [2.05, 4.69) is 4.98 Å². The first-order valence-corrected chi connectivity index (χ1v) is 7.39. The second kappa shape index (κ2) is 6.11. The molecule has 0 saturated carbocycles. The first-order valence-electron chi connectivity index (χ1n) is 5.22. The molecule has 0 amide bonds. The van der Waals surface area contributed by atoms with Gasteiger partial charge in [-0.2, -0.15) is 0 Å². The number of ether oxygens (including phenoxy) is 1. The van der Waals surface area contributed by atoms with Gasteiger partial charge in [-0.05, 0) is 19.1 Å². The van der Waals surface area contributed by atoms with Crippen molar-refractivity contribution in [3.63, 3.8) is 0 Å². The van der Waals surface area contributed by atoms with Crippen LogP contribution in [0.4, 0.5) is 0 Å². The molecular formula is C12H10Cl3NOS. The maximum absolute atomic E-state index is 6.04. The normalized spacial score (nSPS) is 12.4. The summed E-state index contributed by atoms with van der Waals surface area (Å²) in [5.74, 6) is 0.959. The molecule has 1 unspecified atom stereocenters. The van der Waals surface area contributed by atoms with E-state index in [1.165, 1.54) is 11.3 Å². The highest BCUT2D eigenvalue weighted by Crippen LogP contribution is 2.32. The third kappa shape index (κ3) is 3.29. The molecule has 0 aliphatic heterocycles. The monoisotopic (exact) mass is 321 g/mol. The molecule has 6 heteroatoms. The number of hydrogen-bond acceptors (Lipinski definition) is 3. The van der Waals surface area contributed by atoms with Gasteiger partial charge in [0.2, 0.25) is 0 Å². The van der Waals surface area contributed by atoms with Gasteiger partial charge in [0.1, 0.15) is 16.9 Å². The number of benzene rings is 1. The minimum Gasteiger partial charge on any atom is -0.482 e. The van der Waals surface area contributed by atoms with Crippen molar-refractivity contribution in [1.82, 2.24) is 4.98 Å². The largest absolute Gasteiger partial charge is 0.482 e. The molecule has 2 aromatic rings. The summed E-state index contributed by atoms with van der Waals surface area (Å²) >= 11 is 19.2. The molecule has 0 radical (unpaired) electrons. The van der Waals surface area contributed by atoms with E-state index in [-0.39, 0.29) is 6.10 Å². The van der Waals surface area contributed by atoms with Crippen molar-refractivity contribution in [2.45, 2.75) is 18.9 Å². The van der Waals surface area contributed by atoms with Crippen molar-refractivity contribution in [2.24, 2.45) is 0 Å². The van der Waals surface area contributed by atoms with Gasteiger partial charge in [0.05, 0.1) is 16.6 Å². The Kier molecular flexibility index (Phi) is 4.73. The summed E-state index contributed by atoms with van der Waals surface area (Å²) in [4.78, 5) is 4.36. The van der Waals surface area contributed by atoms with E-state index in [1.54, 1.807) is 18.2 Å². The highest BCUT2D eigenvalue weighted by molar-refractivity contribution is 7.09. The average Bonchev–Trinajstić information content (AvgIpc) is 2.82. The van der Waals surface area contributed by atoms with Crippen LogP contribution < -0.4 is 4.74 Å². The van der Waals surface area contributed by atoms with Crippen LogP contribution >= 0.6 is 46.1 Å². The minimum absolute atomic E-state index is 0.192. The van der Waals surface area contributed by atoms with Crippen LogP contribution in [0, 0.1) is 0 Å². The van der Waals surface area contributed by atoms with Crippen LogP contribution in [0.3, 0.4) is 0 Å². The molecule has 0 aliphatic carbocycles. The molecule has 2 nitrogen and oxygen atoms in total. The first-order chi connectivity index (χ1) is 8.60. The van der Waals surface area contributed by atoms with E-state index in [0.29, 0.717) is 21.7 Å². The molecule has 0 aliphatic rings. The second-order valence-electron chi connectivity index (χ2n) is 3.65. The maximum atomic E-state index is 6.04. The number of halogens is 3. The molecule has 0 saturated heterocycles. The van der Waals surface area contributed by atoms with Crippen LogP contribution in [0.1, 0.15) is 23.7 Å². The Morgan fingerprint density at radius 3 is 2.83 bits per heavy atom. The minimum atomic E-state index is -0.192. The van der Waals surface area contributed by atoms with Gasteiger partial charge in [0.25, 0.3) is 0 Å². The maximum Gasteiger partial charge on any atom is 0.147 e. The van der Waals surface area contributed by atoms with E-state index in [0.717, 1.165) is 10.7 Å². The van der Waals surface area contributed by atoms with Crippen LogP contribution in [0.15, 0.2) is 23.6 Å². The van der Waals surface area contributed by atoms with Gasteiger partial charge in [-0.15, -0.1) is 22.9 Å². The molecule has 1 aromatic heterocycles. The van der Waals surface area contributed by atoms with Crippen LogP contribution in [0.2, 0.25) is 10.0 Å². The summed E-state index contributed by atoms with van der Waals surface area (Å²) < 4.78 is 5.76. The number of hydrogen-bond donors (Lipinski definition) is 0. The van der Waals surface area contributed by atoms with Gasteiger partial charge in [-0.25, -0.2) is 4.98 Å². The predicted octanol–water partition coefficient (Wildman–Crippen LogP) is 5.33. The van der Waals surface area contributed by atoms with E-state index in [1.807, 2.05) is 12.3 Å². The summed E-state index contributed by atoms with van der Waals surface area (Å²) in [6, 6.07) is 5.12. The van der Waals surface area contributed by atoms with Crippen molar-refractivity contribution in [1.29, 1.82) is 0 Å². The molecule has 0 bridgehead atoms. The lowest BCUT2D eigenvalue weighted by atomic mass is 10.3. The molecule has 2 rings (SSSR count). The van der Waals surface area contributed by atoms with Gasteiger partial charge in [0, 0.05) is 16.5 Å². The van der Waals surface area contributed by atoms with Crippen LogP contribution in [0.5, 0.6) is 5.75 Å². The Morgan fingerprint density at radius 2 is 2.17 bits per heavy atom. The third-order valence-corrected chi connectivity index (χ3v) is 4.13. The van der Waals surface area contributed by atoms with Gasteiger partial charge < -0.3 is 4.74 Å². The number of thiazole rings is 1. The molecule has 96 valence electrons. The molecule has 0 fully saturated rings. The van der Waals surface area contributed by atoms with Crippen LogP contribution in [-0.2, 0) is 5.88 Å². The fraction of sp³-hybridized carbons (Fsp3) is 0.250. The zero-order chi connectivity index (χ0) is 13.1. The third-order valence-electron chi connectivity index (χ3n) is 2.25. The quantitative estimate of drug-likeness (QED) is 0.710. The van der Waals surface area contributed by atoms with Gasteiger partial charge in [0.15, 0.2) is 0 Å². The van der Waals surface area contributed by atoms with E-state index < -0.39 is 0 Å². The fourth-order valence-corrected chi connectivity index (χ4v) is 2.73. The van der Waals surface area contributed by atoms with Gasteiger partial charge in [-0.3, -0.25) is 0 Å². The molecular weight excluding hydrogens is 313 g/mol. The average molecular weight is 323 g/mol. The highest BCUT2D eigenvalue weighted by atomic mass is 35.5. The zero-order valence-electron chi connectivity index (χ0n) is 9.49. The Bertz CT molecular complexity index is 544. The Hall–Kier alpha value is -0.480. The Balaban J connectivity index is 2.15. The first kappa shape index (κ1) is 13.9. The number of alkyl halides is 1. The van der Waals surface area contributed by atoms with Crippen molar-refractivity contribution in [3.05, 3.63) is 44.3 Å².